The Morgan fingerprint density at radius 2 is 1.97 bits per heavy atom. The molecular formula is C24H25N5O3. The Hall–Kier alpha value is -3.81. The van der Waals surface area contributed by atoms with E-state index in [1.54, 1.807) is 34.3 Å². The fraction of sp³-hybridized carbons (Fsp3) is 0.292. The van der Waals surface area contributed by atoms with Crippen molar-refractivity contribution in [3.05, 3.63) is 93.4 Å². The van der Waals surface area contributed by atoms with E-state index < -0.39 is 5.91 Å². The second kappa shape index (κ2) is 9.55. The van der Waals surface area contributed by atoms with Gasteiger partial charge in [0, 0.05) is 57.8 Å². The SMILES string of the molecule is CC(=O)N1CCc2c(cn(Cc3ccccc3)c(=O)c2C(=O)NCCc2cnccn2)C1. The van der Waals surface area contributed by atoms with Crippen molar-refractivity contribution in [2.24, 2.45) is 0 Å². The molecule has 0 unspecified atom stereocenters. The van der Waals surface area contributed by atoms with Crippen LogP contribution in [0.25, 0.3) is 0 Å². The summed E-state index contributed by atoms with van der Waals surface area (Å²) < 4.78 is 1.56. The monoisotopic (exact) mass is 431 g/mol. The first-order valence-corrected chi connectivity index (χ1v) is 10.6. The summed E-state index contributed by atoms with van der Waals surface area (Å²) in [6, 6.07) is 9.62. The minimum Gasteiger partial charge on any atom is -0.351 e. The summed E-state index contributed by atoms with van der Waals surface area (Å²) in [5.41, 5.74) is 3.14. The molecule has 0 saturated carbocycles. The van der Waals surface area contributed by atoms with Gasteiger partial charge in [0.15, 0.2) is 0 Å². The molecule has 2 aromatic heterocycles. The van der Waals surface area contributed by atoms with Crippen molar-refractivity contribution < 1.29 is 9.59 Å². The largest absolute Gasteiger partial charge is 0.351 e. The van der Waals surface area contributed by atoms with Crippen LogP contribution in [0.2, 0.25) is 0 Å². The van der Waals surface area contributed by atoms with Crippen LogP contribution in [0.3, 0.4) is 0 Å². The maximum absolute atomic E-state index is 13.3. The molecule has 0 saturated heterocycles. The molecule has 1 aliphatic rings. The van der Waals surface area contributed by atoms with Gasteiger partial charge in [-0.15, -0.1) is 0 Å². The maximum Gasteiger partial charge on any atom is 0.264 e. The number of amides is 2. The summed E-state index contributed by atoms with van der Waals surface area (Å²) in [4.78, 5) is 48.3. The van der Waals surface area contributed by atoms with Gasteiger partial charge in [0.25, 0.3) is 11.5 Å². The molecule has 8 heteroatoms. The highest BCUT2D eigenvalue weighted by atomic mass is 16.2. The lowest BCUT2D eigenvalue weighted by Gasteiger charge is -2.29. The number of hydrogen-bond donors (Lipinski definition) is 1. The number of nitrogens with one attached hydrogen (secondary N) is 1. The summed E-state index contributed by atoms with van der Waals surface area (Å²) in [5.74, 6) is -0.416. The number of benzene rings is 1. The van der Waals surface area contributed by atoms with Gasteiger partial charge in [0.1, 0.15) is 5.56 Å². The van der Waals surface area contributed by atoms with Crippen LogP contribution in [0.15, 0.2) is 59.9 Å². The maximum atomic E-state index is 13.3. The number of fused-ring (bicyclic) bond motifs is 1. The molecule has 164 valence electrons. The Morgan fingerprint density at radius 3 is 2.69 bits per heavy atom. The van der Waals surface area contributed by atoms with E-state index in [4.69, 9.17) is 0 Å². The van der Waals surface area contributed by atoms with E-state index in [2.05, 4.69) is 15.3 Å². The molecule has 3 heterocycles. The van der Waals surface area contributed by atoms with Crippen LogP contribution < -0.4 is 10.9 Å². The van der Waals surface area contributed by atoms with Gasteiger partial charge in [-0.1, -0.05) is 30.3 Å². The first kappa shape index (κ1) is 21.4. The molecular weight excluding hydrogens is 406 g/mol. The Labute approximate surface area is 185 Å². The Balaban J connectivity index is 1.64. The molecule has 1 aliphatic heterocycles. The zero-order valence-electron chi connectivity index (χ0n) is 18.0. The van der Waals surface area contributed by atoms with E-state index in [0.717, 1.165) is 22.4 Å². The van der Waals surface area contributed by atoms with Crippen LogP contribution in [0.5, 0.6) is 0 Å². The van der Waals surface area contributed by atoms with E-state index in [-0.39, 0.29) is 17.0 Å². The van der Waals surface area contributed by atoms with E-state index >= 15 is 0 Å². The predicted octanol–water partition coefficient (Wildman–Crippen LogP) is 1.56. The molecule has 0 atom stereocenters. The molecule has 1 aromatic carbocycles. The van der Waals surface area contributed by atoms with Crippen LogP contribution in [-0.4, -0.2) is 44.3 Å². The topological polar surface area (TPSA) is 97.2 Å². The number of carbonyl (C=O) groups excluding carboxylic acids is 2. The molecule has 0 aliphatic carbocycles. The van der Waals surface area contributed by atoms with Gasteiger partial charge in [-0.3, -0.25) is 24.4 Å². The van der Waals surface area contributed by atoms with Gasteiger partial charge < -0.3 is 14.8 Å². The van der Waals surface area contributed by atoms with Gasteiger partial charge in [-0.25, -0.2) is 0 Å². The fourth-order valence-electron chi connectivity index (χ4n) is 3.96. The lowest BCUT2D eigenvalue weighted by atomic mass is 9.95. The lowest BCUT2D eigenvalue weighted by Crippen LogP contribution is -2.41. The Bertz CT molecular complexity index is 1180. The summed E-state index contributed by atoms with van der Waals surface area (Å²) in [6.07, 6.45) is 7.63. The highest BCUT2D eigenvalue weighted by Gasteiger charge is 2.27. The lowest BCUT2D eigenvalue weighted by molar-refractivity contribution is -0.129. The van der Waals surface area contributed by atoms with E-state index in [1.807, 2.05) is 30.3 Å². The third kappa shape index (κ3) is 4.74. The second-order valence-corrected chi connectivity index (χ2v) is 7.82. The quantitative estimate of drug-likeness (QED) is 0.639. The highest BCUT2D eigenvalue weighted by Crippen LogP contribution is 2.21. The summed E-state index contributed by atoms with van der Waals surface area (Å²) in [5, 5.41) is 2.86. The first-order valence-electron chi connectivity index (χ1n) is 10.6. The van der Waals surface area contributed by atoms with Gasteiger partial charge in [-0.2, -0.15) is 0 Å². The number of nitrogens with zero attached hydrogens (tertiary/aromatic N) is 4. The third-order valence-electron chi connectivity index (χ3n) is 5.62. The van der Waals surface area contributed by atoms with Crippen LogP contribution in [-0.2, 0) is 30.7 Å². The van der Waals surface area contributed by atoms with Crippen molar-refractivity contribution >= 4 is 11.8 Å². The minimum absolute atomic E-state index is 0.0218. The van der Waals surface area contributed by atoms with Crippen LogP contribution >= 0.6 is 0 Å². The number of hydrogen-bond acceptors (Lipinski definition) is 5. The standard InChI is InChI=1S/C24H25N5O3/c1-17(30)28-12-8-21-19(15-28)16-29(14-18-5-3-2-4-6-18)24(32)22(21)23(31)27-9-7-20-13-25-10-11-26-20/h2-6,10-11,13,16H,7-9,12,14-15H2,1H3,(H,27,31). The van der Waals surface area contributed by atoms with Crippen molar-refractivity contribution in [1.82, 2.24) is 24.8 Å². The first-order chi connectivity index (χ1) is 15.5. The molecule has 2 amide bonds. The average Bonchev–Trinajstić information content (AvgIpc) is 2.80. The van der Waals surface area contributed by atoms with Crippen LogP contribution in [0.1, 0.15) is 39.7 Å². The van der Waals surface area contributed by atoms with Crippen LogP contribution in [0.4, 0.5) is 0 Å². The smallest absolute Gasteiger partial charge is 0.264 e. The van der Waals surface area contributed by atoms with Gasteiger partial charge >= 0.3 is 0 Å². The van der Waals surface area contributed by atoms with Crippen molar-refractivity contribution in [1.29, 1.82) is 0 Å². The molecule has 0 fully saturated rings. The summed E-state index contributed by atoms with van der Waals surface area (Å²) >= 11 is 0. The van der Waals surface area contributed by atoms with Crippen LogP contribution in [0, 0.1) is 0 Å². The Morgan fingerprint density at radius 1 is 1.16 bits per heavy atom. The van der Waals surface area contributed by atoms with Crippen molar-refractivity contribution in [3.8, 4) is 0 Å². The van der Waals surface area contributed by atoms with Gasteiger partial charge in [0.2, 0.25) is 5.91 Å². The fourth-order valence-corrected chi connectivity index (χ4v) is 3.96. The molecule has 0 bridgehead atoms. The summed E-state index contributed by atoms with van der Waals surface area (Å²) in [6.45, 7) is 3.11. The predicted molar refractivity (Wildman–Crippen MR) is 119 cm³/mol. The highest BCUT2D eigenvalue weighted by molar-refractivity contribution is 5.95. The molecule has 4 rings (SSSR count). The normalized spacial score (nSPS) is 12.8. The molecule has 32 heavy (non-hydrogen) atoms. The zero-order valence-corrected chi connectivity index (χ0v) is 18.0. The molecule has 3 aromatic rings. The molecule has 0 radical (unpaired) electrons. The number of aromatic nitrogens is 3. The average molecular weight is 431 g/mol. The molecule has 0 spiro atoms. The molecule has 8 nitrogen and oxygen atoms in total. The van der Waals surface area contributed by atoms with E-state index in [9.17, 15) is 14.4 Å². The van der Waals surface area contributed by atoms with Gasteiger partial charge in [0.05, 0.1) is 12.2 Å². The van der Waals surface area contributed by atoms with E-state index in [1.165, 1.54) is 6.92 Å². The molecule has 1 N–H and O–H groups in total. The zero-order chi connectivity index (χ0) is 22.5. The second-order valence-electron chi connectivity index (χ2n) is 7.82. The van der Waals surface area contributed by atoms with Crippen molar-refractivity contribution in [2.45, 2.75) is 32.9 Å². The number of rotatable bonds is 6. The number of pyridine rings is 1. The van der Waals surface area contributed by atoms with Crippen molar-refractivity contribution in [3.63, 3.8) is 0 Å². The number of carbonyl (C=O) groups is 2. The van der Waals surface area contributed by atoms with Crippen molar-refractivity contribution in [2.75, 3.05) is 13.1 Å². The van der Waals surface area contributed by atoms with Gasteiger partial charge in [-0.05, 0) is 23.1 Å². The third-order valence-corrected chi connectivity index (χ3v) is 5.62. The Kier molecular flexibility index (Phi) is 6.39. The van der Waals surface area contributed by atoms with E-state index in [0.29, 0.717) is 39.0 Å². The minimum atomic E-state index is -0.395. The summed E-state index contributed by atoms with van der Waals surface area (Å²) in [7, 11) is 0.